The summed E-state index contributed by atoms with van der Waals surface area (Å²) in [5.74, 6) is 0.959. The van der Waals surface area contributed by atoms with E-state index < -0.39 is 0 Å². The van der Waals surface area contributed by atoms with Gasteiger partial charge in [-0.2, -0.15) is 5.10 Å². The van der Waals surface area contributed by atoms with E-state index in [-0.39, 0.29) is 11.8 Å². The second-order valence-electron chi connectivity index (χ2n) is 5.81. The zero-order valence-electron chi connectivity index (χ0n) is 11.1. The molecule has 2 aliphatic carbocycles. The second-order valence-corrected chi connectivity index (χ2v) is 5.81. The molecule has 20 heavy (non-hydrogen) atoms. The summed E-state index contributed by atoms with van der Waals surface area (Å²) in [4.78, 5) is 16.1. The van der Waals surface area contributed by atoms with Crippen LogP contribution in [-0.4, -0.2) is 20.7 Å². The highest BCUT2D eigenvalue weighted by Gasteiger charge is 2.60. The summed E-state index contributed by atoms with van der Waals surface area (Å²) in [7, 11) is 0. The molecule has 0 aliphatic heterocycles. The van der Waals surface area contributed by atoms with E-state index in [9.17, 15) is 4.79 Å². The fraction of sp³-hybridized carbons (Fsp3) is 0.400. The Balaban J connectivity index is 1.45. The third-order valence-corrected chi connectivity index (χ3v) is 4.62. The highest BCUT2D eigenvalue weighted by molar-refractivity contribution is 5.94. The first-order chi connectivity index (χ1) is 9.77. The summed E-state index contributed by atoms with van der Waals surface area (Å²) in [5.41, 5.74) is 1.29. The topological polar surface area (TPSA) is 59.8 Å². The van der Waals surface area contributed by atoms with Crippen LogP contribution in [0.3, 0.4) is 0 Å². The number of carbonyl (C=O) groups is 1. The van der Waals surface area contributed by atoms with Gasteiger partial charge in [-0.3, -0.25) is 9.78 Å². The van der Waals surface area contributed by atoms with Gasteiger partial charge in [0, 0.05) is 30.6 Å². The Bertz CT molecular complexity index is 645. The fourth-order valence-electron chi connectivity index (χ4n) is 3.15. The number of hydrogen-bond donors (Lipinski definition) is 1. The molecule has 2 aliphatic rings. The number of rotatable bonds is 3. The van der Waals surface area contributed by atoms with Gasteiger partial charge in [0.05, 0.1) is 5.69 Å². The maximum absolute atomic E-state index is 12.2. The lowest BCUT2D eigenvalue weighted by Crippen LogP contribution is -2.23. The van der Waals surface area contributed by atoms with E-state index in [0.29, 0.717) is 11.2 Å². The van der Waals surface area contributed by atoms with Gasteiger partial charge in [-0.15, -0.1) is 0 Å². The Morgan fingerprint density at radius 1 is 1.30 bits per heavy atom. The predicted octanol–water partition coefficient (Wildman–Crippen LogP) is 2.40. The highest BCUT2D eigenvalue weighted by atomic mass is 16.2. The molecule has 2 heterocycles. The van der Waals surface area contributed by atoms with Crippen LogP contribution in [0.2, 0.25) is 0 Å². The van der Waals surface area contributed by atoms with Crippen LogP contribution in [0, 0.1) is 11.3 Å². The molecule has 1 N–H and O–H groups in total. The lowest BCUT2D eigenvalue weighted by Gasteiger charge is -2.26. The van der Waals surface area contributed by atoms with Gasteiger partial charge in [0.25, 0.3) is 0 Å². The molecule has 2 aromatic rings. The van der Waals surface area contributed by atoms with Crippen molar-refractivity contribution in [3.63, 3.8) is 0 Å². The summed E-state index contributed by atoms with van der Waals surface area (Å²) in [6.07, 6.45) is 10.1. The first-order valence-corrected chi connectivity index (χ1v) is 7.04. The molecule has 1 spiro atoms. The number of aromatic nitrogens is 3. The Labute approximate surface area is 117 Å². The van der Waals surface area contributed by atoms with E-state index in [0.717, 1.165) is 12.1 Å². The minimum Gasteiger partial charge on any atom is -0.309 e. The van der Waals surface area contributed by atoms with Crippen LogP contribution < -0.4 is 5.32 Å². The van der Waals surface area contributed by atoms with Gasteiger partial charge in [0.1, 0.15) is 0 Å². The SMILES string of the molecule is O=C(Nc1ccn(-c2ccncc2)n1)C1CC12CCC2. The molecule has 102 valence electrons. The quantitative estimate of drug-likeness (QED) is 0.929. The Kier molecular flexibility index (Phi) is 2.42. The average Bonchev–Trinajstić information content (AvgIpc) is 3.07. The van der Waals surface area contributed by atoms with Gasteiger partial charge >= 0.3 is 0 Å². The fourth-order valence-corrected chi connectivity index (χ4v) is 3.15. The van der Waals surface area contributed by atoms with Crippen molar-refractivity contribution in [2.24, 2.45) is 11.3 Å². The number of hydrogen-bond acceptors (Lipinski definition) is 3. The van der Waals surface area contributed by atoms with E-state index in [2.05, 4.69) is 15.4 Å². The van der Waals surface area contributed by atoms with E-state index >= 15 is 0 Å². The molecule has 2 aromatic heterocycles. The number of pyridine rings is 1. The van der Waals surface area contributed by atoms with Gasteiger partial charge in [0.15, 0.2) is 5.82 Å². The van der Waals surface area contributed by atoms with Gasteiger partial charge in [-0.05, 0) is 36.8 Å². The predicted molar refractivity (Wildman–Crippen MR) is 74.4 cm³/mol. The first kappa shape index (κ1) is 11.6. The average molecular weight is 268 g/mol. The minimum absolute atomic E-state index is 0.129. The molecule has 0 saturated heterocycles. The van der Waals surface area contributed by atoms with Crippen molar-refractivity contribution >= 4 is 11.7 Å². The van der Waals surface area contributed by atoms with E-state index in [4.69, 9.17) is 0 Å². The Hall–Kier alpha value is -2.17. The Morgan fingerprint density at radius 2 is 2.10 bits per heavy atom. The van der Waals surface area contributed by atoms with Crippen molar-refractivity contribution in [1.29, 1.82) is 0 Å². The number of nitrogens with one attached hydrogen (secondary N) is 1. The van der Waals surface area contributed by atoms with Crippen molar-refractivity contribution in [3.8, 4) is 5.69 Å². The summed E-state index contributed by atoms with van der Waals surface area (Å²) >= 11 is 0. The van der Waals surface area contributed by atoms with Gasteiger partial charge < -0.3 is 5.32 Å². The molecular formula is C15H16N4O. The van der Waals surface area contributed by atoms with Crippen LogP contribution in [-0.2, 0) is 4.79 Å². The van der Waals surface area contributed by atoms with E-state index in [1.807, 2.05) is 24.4 Å². The van der Waals surface area contributed by atoms with Crippen molar-refractivity contribution in [2.75, 3.05) is 5.32 Å². The van der Waals surface area contributed by atoms with E-state index in [1.165, 1.54) is 19.3 Å². The van der Waals surface area contributed by atoms with Crippen LogP contribution in [0.15, 0.2) is 36.8 Å². The molecule has 2 fully saturated rings. The number of amides is 1. The van der Waals surface area contributed by atoms with Crippen LogP contribution in [0.25, 0.3) is 5.69 Å². The molecule has 0 aromatic carbocycles. The molecule has 5 heteroatoms. The molecule has 4 rings (SSSR count). The lowest BCUT2D eigenvalue weighted by atomic mass is 9.80. The minimum atomic E-state index is 0.129. The van der Waals surface area contributed by atoms with Crippen LogP contribution >= 0.6 is 0 Å². The lowest BCUT2D eigenvalue weighted by molar-refractivity contribution is -0.118. The maximum Gasteiger partial charge on any atom is 0.229 e. The third kappa shape index (κ3) is 1.81. The van der Waals surface area contributed by atoms with Gasteiger partial charge in [-0.25, -0.2) is 4.68 Å². The molecule has 1 unspecified atom stereocenters. The van der Waals surface area contributed by atoms with Crippen LogP contribution in [0.4, 0.5) is 5.82 Å². The largest absolute Gasteiger partial charge is 0.309 e. The van der Waals surface area contributed by atoms with E-state index in [1.54, 1.807) is 17.1 Å². The maximum atomic E-state index is 12.2. The summed E-state index contributed by atoms with van der Waals surface area (Å²) < 4.78 is 1.74. The molecule has 0 bridgehead atoms. The Morgan fingerprint density at radius 3 is 2.75 bits per heavy atom. The smallest absolute Gasteiger partial charge is 0.229 e. The van der Waals surface area contributed by atoms with Crippen molar-refractivity contribution < 1.29 is 4.79 Å². The van der Waals surface area contributed by atoms with Gasteiger partial charge in [-0.1, -0.05) is 6.42 Å². The zero-order valence-corrected chi connectivity index (χ0v) is 11.1. The highest BCUT2D eigenvalue weighted by Crippen LogP contribution is 2.65. The molecule has 0 radical (unpaired) electrons. The number of nitrogens with zero attached hydrogens (tertiary/aromatic N) is 3. The summed E-state index contributed by atoms with van der Waals surface area (Å²) in [5, 5.41) is 7.31. The van der Waals surface area contributed by atoms with Crippen LogP contribution in [0.1, 0.15) is 25.7 Å². The van der Waals surface area contributed by atoms with Crippen molar-refractivity contribution in [3.05, 3.63) is 36.8 Å². The monoisotopic (exact) mass is 268 g/mol. The standard InChI is InChI=1S/C15H16N4O/c20-14(12-10-15(12)5-1-6-15)17-13-4-9-19(18-13)11-2-7-16-8-3-11/h2-4,7-9,12H,1,5-6,10H2,(H,17,18,20). The zero-order chi connectivity index (χ0) is 13.6. The molecule has 2 saturated carbocycles. The normalized spacial score (nSPS) is 22.3. The summed E-state index contributed by atoms with van der Waals surface area (Å²) in [6, 6.07) is 5.58. The molecule has 5 nitrogen and oxygen atoms in total. The molecular weight excluding hydrogens is 252 g/mol. The number of carbonyl (C=O) groups excluding carboxylic acids is 1. The van der Waals surface area contributed by atoms with Crippen LogP contribution in [0.5, 0.6) is 0 Å². The van der Waals surface area contributed by atoms with Crippen molar-refractivity contribution in [2.45, 2.75) is 25.7 Å². The second kappa shape index (κ2) is 4.16. The van der Waals surface area contributed by atoms with Crippen molar-refractivity contribution in [1.82, 2.24) is 14.8 Å². The molecule has 1 atom stereocenters. The summed E-state index contributed by atoms with van der Waals surface area (Å²) in [6.45, 7) is 0. The first-order valence-electron chi connectivity index (χ1n) is 7.04. The number of anilines is 1. The third-order valence-electron chi connectivity index (χ3n) is 4.62. The van der Waals surface area contributed by atoms with Gasteiger partial charge in [0.2, 0.25) is 5.91 Å². The molecule has 1 amide bonds.